The van der Waals surface area contributed by atoms with Crippen molar-refractivity contribution < 1.29 is 13.3 Å². The van der Waals surface area contributed by atoms with E-state index in [1.807, 2.05) is 0 Å². The monoisotopic (exact) mass is 934 g/mol. The Labute approximate surface area is 418 Å². The van der Waals surface area contributed by atoms with Crippen molar-refractivity contribution in [1.82, 2.24) is 0 Å². The minimum atomic E-state index is -0.189. The zero-order valence-electron chi connectivity index (χ0n) is 42.0. The van der Waals surface area contributed by atoms with Crippen LogP contribution < -0.4 is 9.80 Å². The lowest BCUT2D eigenvalue weighted by Crippen LogP contribution is -2.21. The van der Waals surface area contributed by atoms with Crippen LogP contribution in [-0.4, -0.2) is 0 Å². The van der Waals surface area contributed by atoms with Crippen molar-refractivity contribution in [3.8, 4) is 0 Å². The molecule has 5 heteroatoms. The van der Waals surface area contributed by atoms with E-state index in [-0.39, 0.29) is 10.8 Å². The van der Waals surface area contributed by atoms with Crippen LogP contribution in [-0.2, 0) is 17.3 Å². The maximum Gasteiger partial charge on any atom is 0.159 e. The maximum absolute atomic E-state index is 7.29. The molecule has 0 atom stereocenters. The van der Waals surface area contributed by atoms with Crippen molar-refractivity contribution in [3.05, 3.63) is 203 Å². The highest BCUT2D eigenvalue weighted by Crippen LogP contribution is 2.53. The van der Waals surface area contributed by atoms with E-state index in [0.717, 1.165) is 128 Å². The number of furan rings is 3. The molecule has 0 unspecified atom stereocenters. The maximum atomic E-state index is 7.29. The first-order valence-corrected chi connectivity index (χ1v) is 25.3. The van der Waals surface area contributed by atoms with E-state index in [1.54, 1.807) is 0 Å². The predicted octanol–water partition coefficient (Wildman–Crippen LogP) is 19.7. The second-order valence-electron chi connectivity index (χ2n) is 22.1. The number of hydrogen-bond donors (Lipinski definition) is 0. The van der Waals surface area contributed by atoms with Crippen LogP contribution in [0.2, 0.25) is 0 Å². The number of para-hydroxylation sites is 4. The topological polar surface area (TPSA) is 45.9 Å². The van der Waals surface area contributed by atoms with Crippen molar-refractivity contribution in [1.29, 1.82) is 0 Å². The molecule has 10 aromatic carbocycles. The molecule has 0 N–H and O–H groups in total. The Morgan fingerprint density at radius 1 is 0.431 bits per heavy atom. The molecule has 0 saturated heterocycles. The second kappa shape index (κ2) is 15.1. The zero-order chi connectivity index (χ0) is 48.9. The molecule has 4 heterocycles. The molecule has 4 bridgehead atoms. The van der Waals surface area contributed by atoms with E-state index >= 15 is 0 Å². The van der Waals surface area contributed by atoms with Gasteiger partial charge in [-0.3, -0.25) is 0 Å². The molecular weight excluding hydrogens is 881 g/mol. The van der Waals surface area contributed by atoms with Gasteiger partial charge < -0.3 is 23.1 Å². The van der Waals surface area contributed by atoms with Gasteiger partial charge in [-0.1, -0.05) is 156 Å². The summed E-state index contributed by atoms with van der Waals surface area (Å²) in [5.74, 6) is 0. The van der Waals surface area contributed by atoms with E-state index in [1.165, 1.54) is 33.4 Å². The van der Waals surface area contributed by atoms with Gasteiger partial charge in [-0.2, -0.15) is 0 Å². The Bertz CT molecular complexity index is 4420. The lowest BCUT2D eigenvalue weighted by Gasteiger charge is -2.29. The first-order valence-electron chi connectivity index (χ1n) is 25.3. The van der Waals surface area contributed by atoms with Gasteiger partial charge in [0.15, 0.2) is 11.2 Å². The van der Waals surface area contributed by atoms with Crippen LogP contribution in [0.25, 0.3) is 87.4 Å². The number of aryl methyl sites for hydroxylation is 3. The third-order valence-electron chi connectivity index (χ3n) is 15.4. The molecule has 72 heavy (non-hydrogen) atoms. The first kappa shape index (κ1) is 42.6. The highest BCUT2D eigenvalue weighted by molar-refractivity contribution is 6.26. The molecule has 0 spiro atoms. The van der Waals surface area contributed by atoms with E-state index in [4.69, 9.17) is 13.3 Å². The Morgan fingerprint density at radius 2 is 0.972 bits per heavy atom. The van der Waals surface area contributed by atoms with Crippen molar-refractivity contribution in [3.63, 3.8) is 0 Å². The van der Waals surface area contributed by atoms with Gasteiger partial charge in [-0.25, -0.2) is 0 Å². The van der Waals surface area contributed by atoms with Crippen molar-refractivity contribution >= 4 is 121 Å². The van der Waals surface area contributed by atoms with Gasteiger partial charge in [-0.15, -0.1) is 0 Å². The number of nitrogens with zero attached hydrogens (tertiary/aromatic N) is 2. The largest absolute Gasteiger partial charge is 0.455 e. The molecule has 0 radical (unpaired) electrons. The Kier molecular flexibility index (Phi) is 8.94. The molecular formula is C67H54N2O3. The van der Waals surface area contributed by atoms with Crippen LogP contribution in [0.4, 0.5) is 34.1 Å². The summed E-state index contributed by atoms with van der Waals surface area (Å²) in [7, 11) is 0. The molecule has 14 rings (SSSR count). The summed E-state index contributed by atoms with van der Waals surface area (Å²) in [6.07, 6.45) is 0.855. The number of hydrogen-bond acceptors (Lipinski definition) is 5. The molecule has 1 aliphatic heterocycles. The molecule has 3 aromatic heterocycles. The van der Waals surface area contributed by atoms with Gasteiger partial charge in [0.25, 0.3) is 0 Å². The van der Waals surface area contributed by atoms with Crippen LogP contribution in [0, 0.1) is 20.8 Å². The molecule has 13 aromatic rings. The average molecular weight is 935 g/mol. The summed E-state index contributed by atoms with van der Waals surface area (Å²) in [5, 5.41) is 10.8. The predicted molar refractivity (Wildman–Crippen MR) is 302 cm³/mol. The fourth-order valence-corrected chi connectivity index (χ4v) is 12.4. The normalized spacial score (nSPS) is 13.9. The van der Waals surface area contributed by atoms with Crippen molar-refractivity contribution in [2.45, 2.75) is 72.6 Å². The number of rotatable bonds is 4. The van der Waals surface area contributed by atoms with E-state index in [2.05, 4.69) is 235 Å². The smallest absolute Gasteiger partial charge is 0.159 e. The fourth-order valence-electron chi connectivity index (χ4n) is 12.4. The summed E-state index contributed by atoms with van der Waals surface area (Å²) in [6.45, 7) is 18.0. The summed E-state index contributed by atoms with van der Waals surface area (Å²) >= 11 is 0. The number of anilines is 6. The van der Waals surface area contributed by atoms with E-state index < -0.39 is 0 Å². The summed E-state index contributed by atoms with van der Waals surface area (Å²) < 4.78 is 21.6. The van der Waals surface area contributed by atoms with Crippen LogP contribution in [0.5, 0.6) is 0 Å². The van der Waals surface area contributed by atoms with Crippen LogP contribution in [0.1, 0.15) is 68.0 Å². The summed E-state index contributed by atoms with van der Waals surface area (Å²) in [5.41, 5.74) is 18.5. The minimum absolute atomic E-state index is 0.113. The van der Waals surface area contributed by atoms with Gasteiger partial charge in [0.05, 0.1) is 22.7 Å². The summed E-state index contributed by atoms with van der Waals surface area (Å²) in [4.78, 5) is 4.86. The number of benzene rings is 10. The van der Waals surface area contributed by atoms with E-state index in [0.29, 0.717) is 0 Å². The first-order chi connectivity index (χ1) is 34.8. The average Bonchev–Trinajstić information content (AvgIpc) is 4.06. The highest BCUT2D eigenvalue weighted by atomic mass is 16.3. The van der Waals surface area contributed by atoms with Gasteiger partial charge in [0.1, 0.15) is 22.3 Å². The molecule has 0 aliphatic carbocycles. The Hall–Kier alpha value is -8.28. The third kappa shape index (κ3) is 6.26. The number of fused-ring (bicyclic) bond motifs is 13. The molecule has 0 amide bonds. The molecule has 5 nitrogen and oxygen atoms in total. The SMILES string of the molecule is Cc1cc(C)cc(N(c2cc3c4cc(N5c6cc(C)cc(c6)CC(C)(C)c6cccc7c6oc6c5cccc67)c5ccccc5c4oc3c3ccccc23)c2cccc3c2oc2c(C(C)(C)C)cccc23)c1. The standard InChI is InChI=1S/C67H54N2O3/c1-38-29-39(2)32-42(31-38)68(56-27-15-23-50-48-21-13-25-54(66(4,5)6)62(48)71-64(50)56)58-35-52-53-36-59(45-18-10-12-20-47(45)61(53)70-60(52)46-19-11-9-17-44(46)58)69-43-33-40(3)30-41(34-43)37-67(7,8)55-26-14-22-49-51-24-16-28-57(69)65(51)72-63(49)55/h9-36H,37H2,1-8H3. The minimum Gasteiger partial charge on any atom is -0.455 e. The lowest BCUT2D eigenvalue weighted by molar-refractivity contribution is 0.515. The summed E-state index contributed by atoms with van der Waals surface area (Å²) in [6, 6.07) is 62.5. The van der Waals surface area contributed by atoms with E-state index in [9.17, 15) is 0 Å². The zero-order valence-corrected chi connectivity index (χ0v) is 42.0. The van der Waals surface area contributed by atoms with Gasteiger partial charge in [0, 0.05) is 76.4 Å². The molecule has 350 valence electrons. The van der Waals surface area contributed by atoms with Gasteiger partial charge >= 0.3 is 0 Å². The molecule has 0 saturated carbocycles. The van der Waals surface area contributed by atoms with Crippen molar-refractivity contribution in [2.75, 3.05) is 9.80 Å². The van der Waals surface area contributed by atoms with Gasteiger partial charge in [-0.05, 0) is 109 Å². The Morgan fingerprint density at radius 3 is 1.71 bits per heavy atom. The molecule has 0 fully saturated rings. The molecule has 1 aliphatic rings. The van der Waals surface area contributed by atoms with Gasteiger partial charge in [0.2, 0.25) is 0 Å². The highest BCUT2D eigenvalue weighted by Gasteiger charge is 2.32. The third-order valence-corrected chi connectivity index (χ3v) is 15.4. The van der Waals surface area contributed by atoms with Crippen molar-refractivity contribution in [2.24, 2.45) is 0 Å². The second-order valence-corrected chi connectivity index (χ2v) is 22.1. The fraction of sp³-hybridized carbons (Fsp3) is 0.164. The van der Waals surface area contributed by atoms with Crippen LogP contribution in [0.15, 0.2) is 183 Å². The quantitative estimate of drug-likeness (QED) is 0.176. The van der Waals surface area contributed by atoms with Crippen LogP contribution >= 0.6 is 0 Å². The lowest BCUT2D eigenvalue weighted by atomic mass is 9.78. The Balaban J connectivity index is 1.09. The van der Waals surface area contributed by atoms with Crippen LogP contribution in [0.3, 0.4) is 0 Å².